The van der Waals surface area contributed by atoms with Gasteiger partial charge in [0.1, 0.15) is 5.75 Å². The van der Waals surface area contributed by atoms with E-state index in [2.05, 4.69) is 14.9 Å². The van der Waals surface area contributed by atoms with Crippen LogP contribution in [0.15, 0.2) is 48.8 Å². The van der Waals surface area contributed by atoms with Gasteiger partial charge in [0.05, 0.1) is 17.6 Å². The number of rotatable bonds is 6. The first-order chi connectivity index (χ1) is 11.6. The number of hydrogen-bond donors (Lipinski definition) is 1. The van der Waals surface area contributed by atoms with E-state index in [1.165, 1.54) is 0 Å². The molecule has 0 unspecified atom stereocenters. The van der Waals surface area contributed by atoms with Crippen molar-refractivity contribution < 1.29 is 13.2 Å². The summed E-state index contributed by atoms with van der Waals surface area (Å²) in [5.74, 6) is 0.840. The van der Waals surface area contributed by atoms with Crippen molar-refractivity contribution in [2.75, 3.05) is 0 Å². The standard InChI is InChI=1S/C17H21N3O3S/c21-24(22,20-13-14-10-11-18-19-12-14)17-8-6-16(7-9-17)23-15-4-2-1-3-5-15/h1-5,10-12,16-17,20H,6-9,13H2. The molecule has 2 aromatic rings. The van der Waals surface area contributed by atoms with Crippen LogP contribution in [0.4, 0.5) is 0 Å². The van der Waals surface area contributed by atoms with E-state index < -0.39 is 10.0 Å². The van der Waals surface area contributed by atoms with Crippen LogP contribution in [-0.4, -0.2) is 30.0 Å². The van der Waals surface area contributed by atoms with Gasteiger partial charge >= 0.3 is 0 Å². The van der Waals surface area contributed by atoms with Crippen molar-refractivity contribution in [2.45, 2.75) is 43.6 Å². The molecule has 6 nitrogen and oxygen atoms in total. The number of hydrogen-bond acceptors (Lipinski definition) is 5. The summed E-state index contributed by atoms with van der Waals surface area (Å²) in [6.45, 7) is 0.248. The Morgan fingerprint density at radius 2 is 1.79 bits per heavy atom. The van der Waals surface area contributed by atoms with Crippen molar-refractivity contribution in [3.63, 3.8) is 0 Å². The molecular weight excluding hydrogens is 326 g/mol. The summed E-state index contributed by atoms with van der Waals surface area (Å²) >= 11 is 0. The Balaban J connectivity index is 1.50. The third-order valence-corrected chi connectivity index (χ3v) is 6.12. The van der Waals surface area contributed by atoms with E-state index in [9.17, 15) is 8.42 Å². The monoisotopic (exact) mass is 347 g/mol. The molecule has 0 spiro atoms. The van der Waals surface area contributed by atoms with Crippen LogP contribution >= 0.6 is 0 Å². The molecule has 24 heavy (non-hydrogen) atoms. The second-order valence-electron chi connectivity index (χ2n) is 5.95. The van der Waals surface area contributed by atoms with Crippen LogP contribution in [0.3, 0.4) is 0 Å². The molecule has 1 aliphatic carbocycles. The lowest BCUT2D eigenvalue weighted by Crippen LogP contribution is -2.38. The van der Waals surface area contributed by atoms with Crippen LogP contribution in [0.25, 0.3) is 0 Å². The van der Waals surface area contributed by atoms with E-state index in [0.29, 0.717) is 12.8 Å². The Bertz CT molecular complexity index is 730. The molecule has 1 N–H and O–H groups in total. The highest BCUT2D eigenvalue weighted by Crippen LogP contribution is 2.27. The number of aromatic nitrogens is 2. The van der Waals surface area contributed by atoms with Crippen LogP contribution in [0.5, 0.6) is 5.75 Å². The largest absolute Gasteiger partial charge is 0.490 e. The molecule has 0 saturated heterocycles. The van der Waals surface area contributed by atoms with E-state index in [4.69, 9.17) is 4.74 Å². The first kappa shape index (κ1) is 16.9. The molecule has 1 aromatic heterocycles. The minimum absolute atomic E-state index is 0.0863. The summed E-state index contributed by atoms with van der Waals surface area (Å²) < 4.78 is 33.5. The van der Waals surface area contributed by atoms with Crippen molar-refractivity contribution in [1.82, 2.24) is 14.9 Å². The molecule has 1 aliphatic rings. The van der Waals surface area contributed by atoms with Crippen molar-refractivity contribution in [3.8, 4) is 5.75 Å². The van der Waals surface area contributed by atoms with E-state index in [1.54, 1.807) is 18.5 Å². The van der Waals surface area contributed by atoms with Crippen LogP contribution in [0.1, 0.15) is 31.2 Å². The first-order valence-corrected chi connectivity index (χ1v) is 9.64. The van der Waals surface area contributed by atoms with Gasteiger partial charge in [-0.25, -0.2) is 13.1 Å². The maximum Gasteiger partial charge on any atom is 0.214 e. The summed E-state index contributed by atoms with van der Waals surface area (Å²) in [5, 5.41) is 7.07. The van der Waals surface area contributed by atoms with Crippen LogP contribution in [-0.2, 0) is 16.6 Å². The van der Waals surface area contributed by atoms with E-state index in [-0.39, 0.29) is 17.9 Å². The average molecular weight is 347 g/mol. The minimum Gasteiger partial charge on any atom is -0.490 e. The maximum atomic E-state index is 12.4. The minimum atomic E-state index is -3.33. The van der Waals surface area contributed by atoms with Crippen LogP contribution in [0, 0.1) is 0 Å². The zero-order valence-electron chi connectivity index (χ0n) is 13.3. The summed E-state index contributed by atoms with van der Waals surface area (Å²) in [6.07, 6.45) is 5.92. The molecule has 1 aromatic carbocycles. The molecule has 0 radical (unpaired) electrons. The number of nitrogens with zero attached hydrogens (tertiary/aromatic N) is 2. The fourth-order valence-corrected chi connectivity index (χ4v) is 4.37. The second kappa shape index (κ2) is 7.72. The molecule has 1 fully saturated rings. The Morgan fingerprint density at radius 1 is 1.04 bits per heavy atom. The molecule has 0 atom stereocenters. The van der Waals surface area contributed by atoms with Crippen molar-refractivity contribution in [2.24, 2.45) is 0 Å². The van der Waals surface area contributed by atoms with Gasteiger partial charge in [-0.3, -0.25) is 0 Å². The second-order valence-corrected chi connectivity index (χ2v) is 7.99. The van der Waals surface area contributed by atoms with E-state index in [1.807, 2.05) is 30.3 Å². The van der Waals surface area contributed by atoms with E-state index >= 15 is 0 Å². The third kappa shape index (κ3) is 4.52. The molecule has 0 amide bonds. The lowest BCUT2D eigenvalue weighted by Gasteiger charge is -2.28. The number of sulfonamides is 1. The van der Waals surface area contributed by atoms with Gasteiger partial charge < -0.3 is 4.74 Å². The Kier molecular flexibility index (Phi) is 5.42. The van der Waals surface area contributed by atoms with Gasteiger partial charge in [0.2, 0.25) is 10.0 Å². The summed E-state index contributed by atoms with van der Waals surface area (Å²) in [4.78, 5) is 0. The zero-order chi connectivity index (χ0) is 16.8. The SMILES string of the molecule is O=S(=O)(NCc1ccnnc1)C1CCC(Oc2ccccc2)CC1. The molecule has 1 heterocycles. The number of benzene rings is 1. The number of para-hydroxylation sites is 1. The number of nitrogens with one attached hydrogen (secondary N) is 1. The average Bonchev–Trinajstić information content (AvgIpc) is 2.62. The molecule has 1 saturated carbocycles. The highest BCUT2D eigenvalue weighted by molar-refractivity contribution is 7.90. The van der Waals surface area contributed by atoms with Gasteiger partial charge in [0.15, 0.2) is 0 Å². The molecular formula is C17H21N3O3S. The lowest BCUT2D eigenvalue weighted by atomic mass is 9.97. The molecule has 7 heteroatoms. The van der Waals surface area contributed by atoms with Gasteiger partial charge in [-0.15, -0.1) is 0 Å². The molecule has 128 valence electrons. The van der Waals surface area contributed by atoms with E-state index in [0.717, 1.165) is 24.2 Å². The predicted molar refractivity (Wildman–Crippen MR) is 90.9 cm³/mol. The number of ether oxygens (including phenoxy) is 1. The molecule has 0 bridgehead atoms. The Labute approximate surface area is 142 Å². The van der Waals surface area contributed by atoms with Gasteiger partial charge in [-0.2, -0.15) is 10.2 Å². The Hall–Kier alpha value is -1.99. The highest BCUT2D eigenvalue weighted by Gasteiger charge is 2.31. The first-order valence-electron chi connectivity index (χ1n) is 8.09. The smallest absolute Gasteiger partial charge is 0.214 e. The lowest BCUT2D eigenvalue weighted by molar-refractivity contribution is 0.155. The predicted octanol–water partition coefficient (Wildman–Crippen LogP) is 2.29. The van der Waals surface area contributed by atoms with Crippen molar-refractivity contribution in [3.05, 3.63) is 54.4 Å². The maximum absolute atomic E-state index is 12.4. The van der Waals surface area contributed by atoms with Crippen LogP contribution in [0.2, 0.25) is 0 Å². The Morgan fingerprint density at radius 3 is 2.46 bits per heavy atom. The molecule has 0 aliphatic heterocycles. The van der Waals surface area contributed by atoms with Gasteiger partial charge in [0.25, 0.3) is 0 Å². The zero-order valence-corrected chi connectivity index (χ0v) is 14.2. The van der Waals surface area contributed by atoms with Gasteiger partial charge in [-0.05, 0) is 49.4 Å². The molecule has 3 rings (SSSR count). The quantitative estimate of drug-likeness (QED) is 0.867. The fraction of sp³-hybridized carbons (Fsp3) is 0.412. The summed E-state index contributed by atoms with van der Waals surface area (Å²) in [7, 11) is -3.33. The topological polar surface area (TPSA) is 81.2 Å². The van der Waals surface area contributed by atoms with Gasteiger partial charge in [-0.1, -0.05) is 18.2 Å². The summed E-state index contributed by atoms with van der Waals surface area (Å²) in [6, 6.07) is 11.4. The summed E-state index contributed by atoms with van der Waals surface area (Å²) in [5.41, 5.74) is 0.801. The highest BCUT2D eigenvalue weighted by atomic mass is 32.2. The van der Waals surface area contributed by atoms with Gasteiger partial charge in [0, 0.05) is 12.7 Å². The van der Waals surface area contributed by atoms with Crippen molar-refractivity contribution in [1.29, 1.82) is 0 Å². The normalized spacial score (nSPS) is 21.3. The van der Waals surface area contributed by atoms with Crippen molar-refractivity contribution >= 4 is 10.0 Å². The van der Waals surface area contributed by atoms with Crippen LogP contribution < -0.4 is 9.46 Å². The third-order valence-electron chi connectivity index (χ3n) is 4.23. The fourth-order valence-electron chi connectivity index (χ4n) is 2.88.